The van der Waals surface area contributed by atoms with E-state index in [9.17, 15) is 18.4 Å². The van der Waals surface area contributed by atoms with Crippen LogP contribution in [0.25, 0.3) is 0 Å². The van der Waals surface area contributed by atoms with Crippen molar-refractivity contribution in [3.63, 3.8) is 0 Å². The van der Waals surface area contributed by atoms with E-state index in [0.717, 1.165) is 4.90 Å². The first-order valence-corrected chi connectivity index (χ1v) is 8.08. The lowest BCUT2D eigenvalue weighted by Crippen LogP contribution is -2.57. The topological polar surface area (TPSA) is 75.6 Å². The van der Waals surface area contributed by atoms with Crippen LogP contribution in [0.15, 0.2) is 18.6 Å². The number of carbonyl (C=O) groups excluding carboxylic acids is 2. The fourth-order valence-electron chi connectivity index (χ4n) is 3.65. The number of piperidine rings is 1. The number of amides is 2. The summed E-state index contributed by atoms with van der Waals surface area (Å²) < 4.78 is 33.7. The predicted molar refractivity (Wildman–Crippen MR) is 83.0 cm³/mol. The molecule has 0 aromatic carbocycles. The minimum atomic E-state index is -3.12. The van der Waals surface area contributed by atoms with E-state index in [1.807, 2.05) is 0 Å². The Labute approximate surface area is 144 Å². The lowest BCUT2D eigenvalue weighted by atomic mass is 9.77. The summed E-state index contributed by atoms with van der Waals surface area (Å²) in [5, 5.41) is 0. The summed E-state index contributed by atoms with van der Waals surface area (Å²) in [7, 11) is 1.52. The van der Waals surface area contributed by atoms with Crippen molar-refractivity contribution in [1.29, 1.82) is 0 Å². The summed E-state index contributed by atoms with van der Waals surface area (Å²) in [4.78, 5) is 35.4. The first kappa shape index (κ1) is 17.7. The Kier molecular flexibility index (Phi) is 4.68. The van der Waals surface area contributed by atoms with Crippen molar-refractivity contribution >= 4 is 11.8 Å². The van der Waals surface area contributed by atoms with Gasteiger partial charge in [-0.15, -0.1) is 0 Å². The minimum Gasteiger partial charge on any atom is -0.383 e. The second-order valence-corrected chi connectivity index (χ2v) is 6.60. The first-order chi connectivity index (χ1) is 11.9. The average molecular weight is 354 g/mol. The van der Waals surface area contributed by atoms with Gasteiger partial charge in [-0.05, 0) is 12.5 Å². The number of aromatic nitrogens is 2. The summed E-state index contributed by atoms with van der Waals surface area (Å²) in [5.41, 5.74) is -1.19. The Morgan fingerprint density at radius 2 is 2.20 bits per heavy atom. The normalized spacial score (nSPS) is 25.6. The summed E-state index contributed by atoms with van der Waals surface area (Å²) in [5.74, 6) is -4.05. The predicted octanol–water partition coefficient (Wildman–Crippen LogP) is 0.823. The lowest BCUT2D eigenvalue weighted by molar-refractivity contribution is -0.151. The fourth-order valence-corrected chi connectivity index (χ4v) is 3.65. The van der Waals surface area contributed by atoms with Gasteiger partial charge in [0.15, 0.2) is 0 Å². The van der Waals surface area contributed by atoms with Crippen LogP contribution in [-0.2, 0) is 9.53 Å². The molecular formula is C16H20F2N4O3. The van der Waals surface area contributed by atoms with Crippen LogP contribution in [0.5, 0.6) is 0 Å². The molecule has 2 saturated heterocycles. The number of alkyl halides is 2. The molecule has 0 N–H and O–H groups in total. The largest absolute Gasteiger partial charge is 0.383 e. The summed E-state index contributed by atoms with van der Waals surface area (Å²) in [6.07, 6.45) is 2.35. The third-order valence-electron chi connectivity index (χ3n) is 4.77. The number of methoxy groups -OCH3 is 1. The molecule has 0 bridgehead atoms. The molecule has 3 heterocycles. The maximum Gasteiger partial charge on any atom is 0.272 e. The van der Waals surface area contributed by atoms with E-state index in [4.69, 9.17) is 4.74 Å². The van der Waals surface area contributed by atoms with Gasteiger partial charge in [-0.25, -0.2) is 18.7 Å². The van der Waals surface area contributed by atoms with E-state index in [1.165, 1.54) is 30.6 Å². The number of likely N-dealkylation sites (tertiary alicyclic amines) is 2. The van der Waals surface area contributed by atoms with E-state index in [-0.39, 0.29) is 18.1 Å². The highest BCUT2D eigenvalue weighted by Crippen LogP contribution is 2.45. The van der Waals surface area contributed by atoms with Crippen molar-refractivity contribution < 1.29 is 23.1 Å². The van der Waals surface area contributed by atoms with Crippen molar-refractivity contribution in [3.8, 4) is 0 Å². The molecular weight excluding hydrogens is 334 g/mol. The number of carbonyl (C=O) groups is 2. The van der Waals surface area contributed by atoms with Gasteiger partial charge in [0.05, 0.1) is 18.6 Å². The highest BCUT2D eigenvalue weighted by Gasteiger charge is 2.57. The number of ether oxygens (including phenoxy) is 1. The average Bonchev–Trinajstić information content (AvgIpc) is 2.87. The van der Waals surface area contributed by atoms with Gasteiger partial charge in [0.2, 0.25) is 5.91 Å². The zero-order chi connectivity index (χ0) is 18.1. The summed E-state index contributed by atoms with van der Waals surface area (Å²) in [6.45, 7) is 0.384. The van der Waals surface area contributed by atoms with Crippen LogP contribution in [-0.4, -0.2) is 77.4 Å². The molecule has 0 aliphatic carbocycles. The number of rotatable bonds is 4. The third-order valence-corrected chi connectivity index (χ3v) is 4.77. The van der Waals surface area contributed by atoms with E-state index in [2.05, 4.69) is 9.97 Å². The maximum absolute atomic E-state index is 14.4. The van der Waals surface area contributed by atoms with Gasteiger partial charge in [-0.2, -0.15) is 0 Å². The van der Waals surface area contributed by atoms with Crippen molar-refractivity contribution in [2.24, 2.45) is 5.41 Å². The molecule has 9 heteroatoms. The molecule has 2 fully saturated rings. The standard InChI is InChI=1S/C16H20F2N4O3/c1-25-7-6-21-5-3-15(14(21)24)8-16(17,18)10-22(9-15)13(23)12-2-4-19-11-20-12/h2,4,11H,3,5-10H2,1H3. The molecule has 7 nitrogen and oxygen atoms in total. The maximum atomic E-state index is 14.4. The third kappa shape index (κ3) is 3.46. The number of halogens is 2. The van der Waals surface area contributed by atoms with Gasteiger partial charge in [0.1, 0.15) is 12.0 Å². The molecule has 0 saturated carbocycles. The van der Waals surface area contributed by atoms with Gasteiger partial charge < -0.3 is 14.5 Å². The zero-order valence-electron chi connectivity index (χ0n) is 14.0. The monoisotopic (exact) mass is 354 g/mol. The van der Waals surface area contributed by atoms with Gasteiger partial charge in [-0.3, -0.25) is 9.59 Å². The molecule has 0 radical (unpaired) electrons. The van der Waals surface area contributed by atoms with Gasteiger partial charge in [0, 0.05) is 39.4 Å². The van der Waals surface area contributed by atoms with Crippen molar-refractivity contribution in [3.05, 3.63) is 24.3 Å². The molecule has 1 atom stereocenters. The highest BCUT2D eigenvalue weighted by atomic mass is 19.3. The second-order valence-electron chi connectivity index (χ2n) is 6.60. The molecule has 1 spiro atoms. The molecule has 25 heavy (non-hydrogen) atoms. The molecule has 1 aromatic rings. The van der Waals surface area contributed by atoms with Crippen LogP contribution in [0.4, 0.5) is 8.78 Å². The van der Waals surface area contributed by atoms with Crippen LogP contribution in [0.3, 0.4) is 0 Å². The van der Waals surface area contributed by atoms with Crippen LogP contribution in [0.1, 0.15) is 23.3 Å². The van der Waals surface area contributed by atoms with Crippen molar-refractivity contribution in [2.45, 2.75) is 18.8 Å². The van der Waals surface area contributed by atoms with Crippen LogP contribution < -0.4 is 0 Å². The van der Waals surface area contributed by atoms with Gasteiger partial charge in [-0.1, -0.05) is 0 Å². The highest BCUT2D eigenvalue weighted by molar-refractivity contribution is 5.93. The molecule has 1 unspecified atom stereocenters. The Bertz CT molecular complexity index is 658. The molecule has 2 amide bonds. The molecule has 1 aromatic heterocycles. The minimum absolute atomic E-state index is 0.0201. The van der Waals surface area contributed by atoms with E-state index < -0.39 is 30.2 Å². The first-order valence-electron chi connectivity index (χ1n) is 8.08. The van der Waals surface area contributed by atoms with Gasteiger partial charge >= 0.3 is 0 Å². The molecule has 2 aliphatic heterocycles. The fraction of sp³-hybridized carbons (Fsp3) is 0.625. The smallest absolute Gasteiger partial charge is 0.272 e. The van der Waals surface area contributed by atoms with E-state index in [0.29, 0.717) is 26.1 Å². The summed E-state index contributed by atoms with van der Waals surface area (Å²) >= 11 is 0. The zero-order valence-corrected chi connectivity index (χ0v) is 14.0. The van der Waals surface area contributed by atoms with E-state index in [1.54, 1.807) is 0 Å². The van der Waals surface area contributed by atoms with Crippen molar-refractivity contribution in [1.82, 2.24) is 19.8 Å². The molecule has 2 aliphatic rings. The van der Waals surface area contributed by atoms with E-state index >= 15 is 0 Å². The Hall–Kier alpha value is -2.16. The number of nitrogens with zero attached hydrogens (tertiary/aromatic N) is 4. The lowest BCUT2D eigenvalue weighted by Gasteiger charge is -2.42. The molecule has 3 rings (SSSR count). The van der Waals surface area contributed by atoms with Gasteiger partial charge in [0.25, 0.3) is 11.8 Å². The molecule has 136 valence electrons. The SMILES string of the molecule is COCCN1CCC2(CN(C(=O)c3ccncn3)CC(F)(F)C2)C1=O. The van der Waals surface area contributed by atoms with Crippen LogP contribution in [0, 0.1) is 5.41 Å². The van der Waals surface area contributed by atoms with Crippen LogP contribution in [0.2, 0.25) is 0 Å². The Morgan fingerprint density at radius 1 is 1.40 bits per heavy atom. The second kappa shape index (κ2) is 6.62. The number of hydrogen-bond donors (Lipinski definition) is 0. The quantitative estimate of drug-likeness (QED) is 0.800. The van der Waals surface area contributed by atoms with Crippen LogP contribution >= 0.6 is 0 Å². The Balaban J connectivity index is 1.82. The number of hydrogen-bond acceptors (Lipinski definition) is 5. The summed E-state index contributed by atoms with van der Waals surface area (Å²) in [6, 6.07) is 1.38. The van der Waals surface area contributed by atoms with Crippen molar-refractivity contribution in [2.75, 3.05) is 39.9 Å². The Morgan fingerprint density at radius 3 is 2.88 bits per heavy atom.